The SMILES string of the molecule is CCC1Oc2cc(C(C)Nc3cnc(C#N)cn3)ccc2NC1=O. The van der Waals surface area contributed by atoms with Crippen LogP contribution in [-0.2, 0) is 4.79 Å². The van der Waals surface area contributed by atoms with Crippen LogP contribution in [0.15, 0.2) is 30.6 Å². The number of rotatable bonds is 4. The van der Waals surface area contributed by atoms with Crippen molar-refractivity contribution in [3.05, 3.63) is 41.9 Å². The number of nitriles is 1. The summed E-state index contributed by atoms with van der Waals surface area (Å²) >= 11 is 0. The molecule has 24 heavy (non-hydrogen) atoms. The minimum atomic E-state index is -0.458. The minimum Gasteiger partial charge on any atom is -0.478 e. The van der Waals surface area contributed by atoms with E-state index in [1.807, 2.05) is 38.1 Å². The lowest BCUT2D eigenvalue weighted by Crippen LogP contribution is -2.36. The molecule has 122 valence electrons. The van der Waals surface area contributed by atoms with Gasteiger partial charge < -0.3 is 15.4 Å². The predicted octanol–water partition coefficient (Wildman–Crippen LogP) is 2.63. The van der Waals surface area contributed by atoms with Crippen molar-refractivity contribution in [2.45, 2.75) is 32.4 Å². The van der Waals surface area contributed by atoms with Crippen molar-refractivity contribution in [3.8, 4) is 11.8 Å². The Hall–Kier alpha value is -3.14. The molecule has 3 rings (SSSR count). The van der Waals surface area contributed by atoms with Gasteiger partial charge in [0.05, 0.1) is 24.1 Å². The van der Waals surface area contributed by atoms with Crippen LogP contribution in [-0.4, -0.2) is 22.0 Å². The number of carbonyl (C=O) groups is 1. The van der Waals surface area contributed by atoms with Gasteiger partial charge in [-0.1, -0.05) is 13.0 Å². The molecule has 0 saturated heterocycles. The third-order valence-corrected chi connectivity index (χ3v) is 3.83. The van der Waals surface area contributed by atoms with Crippen molar-refractivity contribution in [2.24, 2.45) is 0 Å². The summed E-state index contributed by atoms with van der Waals surface area (Å²) in [5, 5.41) is 14.8. The van der Waals surface area contributed by atoms with Gasteiger partial charge in [0.1, 0.15) is 17.6 Å². The molecule has 1 amide bonds. The first-order valence-corrected chi connectivity index (χ1v) is 7.71. The Morgan fingerprint density at radius 1 is 1.42 bits per heavy atom. The lowest BCUT2D eigenvalue weighted by atomic mass is 10.1. The lowest BCUT2D eigenvalue weighted by Gasteiger charge is -2.26. The Kier molecular flexibility index (Phi) is 4.29. The Morgan fingerprint density at radius 2 is 2.25 bits per heavy atom. The fraction of sp³-hybridized carbons (Fsp3) is 0.294. The normalized spacial score (nSPS) is 17.0. The zero-order valence-electron chi connectivity index (χ0n) is 13.4. The molecule has 0 aliphatic carbocycles. The summed E-state index contributed by atoms with van der Waals surface area (Å²) < 4.78 is 5.76. The highest BCUT2D eigenvalue weighted by Crippen LogP contribution is 2.33. The second kappa shape index (κ2) is 6.54. The number of hydrogen-bond acceptors (Lipinski definition) is 6. The maximum absolute atomic E-state index is 11.8. The molecule has 7 nitrogen and oxygen atoms in total. The van der Waals surface area contributed by atoms with Crippen LogP contribution in [0.25, 0.3) is 0 Å². The van der Waals surface area contributed by atoms with Crippen molar-refractivity contribution in [2.75, 3.05) is 10.6 Å². The molecule has 7 heteroatoms. The molecule has 1 aromatic carbocycles. The number of benzene rings is 1. The molecule has 0 fully saturated rings. The average molecular weight is 323 g/mol. The molecule has 0 radical (unpaired) electrons. The van der Waals surface area contributed by atoms with Crippen LogP contribution in [0.3, 0.4) is 0 Å². The summed E-state index contributed by atoms with van der Waals surface area (Å²) in [7, 11) is 0. The van der Waals surface area contributed by atoms with Crippen molar-refractivity contribution < 1.29 is 9.53 Å². The van der Waals surface area contributed by atoms with Gasteiger partial charge in [-0.05, 0) is 31.0 Å². The van der Waals surface area contributed by atoms with Crippen LogP contribution < -0.4 is 15.4 Å². The largest absolute Gasteiger partial charge is 0.478 e. The Balaban J connectivity index is 1.77. The summed E-state index contributed by atoms with van der Waals surface area (Å²) in [4.78, 5) is 20.0. The predicted molar refractivity (Wildman–Crippen MR) is 88.6 cm³/mol. The number of nitrogens with zero attached hydrogens (tertiary/aromatic N) is 3. The number of nitrogens with one attached hydrogen (secondary N) is 2. The molecular formula is C17H17N5O2. The van der Waals surface area contributed by atoms with Crippen LogP contribution >= 0.6 is 0 Å². The van der Waals surface area contributed by atoms with Crippen molar-refractivity contribution >= 4 is 17.4 Å². The smallest absolute Gasteiger partial charge is 0.265 e. The van der Waals surface area contributed by atoms with Gasteiger partial charge in [-0.3, -0.25) is 4.79 Å². The standard InChI is InChI=1S/C17H17N5O2/c1-3-14-17(23)22-13-5-4-11(6-15(13)24-14)10(2)21-16-9-19-12(7-18)8-20-16/h4-6,8-10,14H,3H2,1-2H3,(H,20,21)(H,22,23). The third kappa shape index (κ3) is 3.13. The minimum absolute atomic E-state index is 0.0427. The van der Waals surface area contributed by atoms with E-state index >= 15 is 0 Å². The van der Waals surface area contributed by atoms with E-state index in [1.54, 1.807) is 0 Å². The van der Waals surface area contributed by atoms with Gasteiger partial charge >= 0.3 is 0 Å². The van der Waals surface area contributed by atoms with E-state index in [2.05, 4.69) is 20.6 Å². The lowest BCUT2D eigenvalue weighted by molar-refractivity contribution is -0.123. The van der Waals surface area contributed by atoms with Gasteiger partial charge in [0, 0.05) is 0 Å². The number of carbonyl (C=O) groups excluding carboxylic acids is 1. The molecular weight excluding hydrogens is 306 g/mol. The Labute approximate surface area is 139 Å². The summed E-state index contributed by atoms with van der Waals surface area (Å²) in [5.41, 5.74) is 1.95. The zero-order chi connectivity index (χ0) is 17.1. The molecule has 1 aliphatic heterocycles. The van der Waals surface area contributed by atoms with E-state index in [-0.39, 0.29) is 17.6 Å². The van der Waals surface area contributed by atoms with Gasteiger partial charge in [0.25, 0.3) is 5.91 Å². The molecule has 0 spiro atoms. The number of ether oxygens (including phenoxy) is 1. The van der Waals surface area contributed by atoms with Gasteiger partial charge in [0.15, 0.2) is 11.8 Å². The monoisotopic (exact) mass is 323 g/mol. The van der Waals surface area contributed by atoms with Gasteiger partial charge in [-0.2, -0.15) is 5.26 Å². The maximum Gasteiger partial charge on any atom is 0.265 e. The number of hydrogen-bond donors (Lipinski definition) is 2. The van der Waals surface area contributed by atoms with Crippen LogP contribution in [0.4, 0.5) is 11.5 Å². The highest BCUT2D eigenvalue weighted by atomic mass is 16.5. The molecule has 0 saturated carbocycles. The van der Waals surface area contributed by atoms with Crippen LogP contribution in [0.5, 0.6) is 5.75 Å². The first-order valence-electron chi connectivity index (χ1n) is 7.71. The van der Waals surface area contributed by atoms with E-state index in [9.17, 15) is 4.79 Å². The summed E-state index contributed by atoms with van der Waals surface area (Å²) in [6.07, 6.45) is 3.11. The third-order valence-electron chi connectivity index (χ3n) is 3.83. The van der Waals surface area contributed by atoms with Crippen LogP contribution in [0, 0.1) is 11.3 Å². The van der Waals surface area contributed by atoms with E-state index in [1.165, 1.54) is 12.4 Å². The second-order valence-electron chi connectivity index (χ2n) is 5.52. The highest BCUT2D eigenvalue weighted by molar-refractivity contribution is 5.97. The zero-order valence-corrected chi connectivity index (χ0v) is 13.4. The van der Waals surface area contributed by atoms with E-state index in [4.69, 9.17) is 10.00 Å². The molecule has 2 N–H and O–H groups in total. The molecule has 0 bridgehead atoms. The Morgan fingerprint density at radius 3 is 2.92 bits per heavy atom. The van der Waals surface area contributed by atoms with Crippen molar-refractivity contribution in [3.63, 3.8) is 0 Å². The highest BCUT2D eigenvalue weighted by Gasteiger charge is 2.26. The van der Waals surface area contributed by atoms with Crippen molar-refractivity contribution in [1.82, 2.24) is 9.97 Å². The number of aromatic nitrogens is 2. The van der Waals surface area contributed by atoms with E-state index in [0.29, 0.717) is 23.7 Å². The Bertz CT molecular complexity index is 798. The summed E-state index contributed by atoms with van der Waals surface area (Å²) in [5.74, 6) is 1.13. The molecule has 2 atom stereocenters. The molecule has 1 aliphatic rings. The first kappa shape index (κ1) is 15.7. The van der Waals surface area contributed by atoms with E-state index < -0.39 is 6.10 Å². The van der Waals surface area contributed by atoms with E-state index in [0.717, 1.165) is 5.56 Å². The van der Waals surface area contributed by atoms with Crippen molar-refractivity contribution in [1.29, 1.82) is 5.26 Å². The number of anilines is 2. The maximum atomic E-state index is 11.8. The van der Waals surface area contributed by atoms with Gasteiger partial charge in [-0.25, -0.2) is 9.97 Å². The summed E-state index contributed by atoms with van der Waals surface area (Å²) in [6.45, 7) is 3.90. The second-order valence-corrected chi connectivity index (χ2v) is 5.52. The number of amides is 1. The molecule has 2 unspecified atom stereocenters. The number of fused-ring (bicyclic) bond motifs is 1. The fourth-order valence-corrected chi connectivity index (χ4v) is 2.46. The molecule has 2 aromatic rings. The summed E-state index contributed by atoms with van der Waals surface area (Å²) in [6, 6.07) is 7.55. The van der Waals surface area contributed by atoms with Crippen LogP contribution in [0.2, 0.25) is 0 Å². The quantitative estimate of drug-likeness (QED) is 0.897. The molecule has 1 aromatic heterocycles. The topological polar surface area (TPSA) is 99.9 Å². The molecule has 2 heterocycles. The average Bonchev–Trinajstić information content (AvgIpc) is 2.61. The fourth-order valence-electron chi connectivity index (χ4n) is 2.46. The first-order chi connectivity index (χ1) is 11.6. The van der Waals surface area contributed by atoms with Gasteiger partial charge in [0.2, 0.25) is 0 Å². The van der Waals surface area contributed by atoms with Crippen LogP contribution in [0.1, 0.15) is 37.6 Å². The van der Waals surface area contributed by atoms with Gasteiger partial charge in [-0.15, -0.1) is 0 Å².